The summed E-state index contributed by atoms with van der Waals surface area (Å²) in [5.74, 6) is 0.840. The van der Waals surface area contributed by atoms with Crippen LogP contribution < -0.4 is 0 Å². The van der Waals surface area contributed by atoms with Crippen LogP contribution in [0.5, 0.6) is 5.75 Å². The van der Waals surface area contributed by atoms with Crippen molar-refractivity contribution >= 4 is 16.9 Å². The zero-order valence-corrected chi connectivity index (χ0v) is 16.5. The number of rotatable bonds is 5. The number of benzene rings is 2. The quantitative estimate of drug-likeness (QED) is 0.742. The molecule has 0 aliphatic carbocycles. The van der Waals surface area contributed by atoms with Crippen LogP contribution in [-0.4, -0.2) is 48.5 Å². The van der Waals surface area contributed by atoms with Crippen LogP contribution in [0.4, 0.5) is 0 Å². The fourth-order valence-corrected chi connectivity index (χ4v) is 2.42. The number of para-hydroxylation sites is 1. The molecule has 5 nitrogen and oxygen atoms in total. The molecular weight excluding hydrogens is 340 g/mol. The number of hydrogen-bond donors (Lipinski definition) is 1. The molecular formula is C22H28N2O3. The molecule has 2 aromatic carbocycles. The van der Waals surface area contributed by atoms with E-state index in [-0.39, 0.29) is 18.1 Å². The Bertz CT molecular complexity index is 838. The van der Waals surface area contributed by atoms with Gasteiger partial charge in [-0.1, -0.05) is 37.3 Å². The first-order valence-corrected chi connectivity index (χ1v) is 9.03. The molecule has 0 aliphatic heterocycles. The van der Waals surface area contributed by atoms with E-state index in [4.69, 9.17) is 4.42 Å². The maximum Gasteiger partial charge on any atom is 0.230 e. The summed E-state index contributed by atoms with van der Waals surface area (Å²) >= 11 is 0. The smallest absolute Gasteiger partial charge is 0.230 e. The Hall–Kier alpha value is -2.79. The maximum absolute atomic E-state index is 12.3. The van der Waals surface area contributed by atoms with E-state index in [1.165, 1.54) is 0 Å². The van der Waals surface area contributed by atoms with Crippen molar-refractivity contribution in [3.63, 3.8) is 0 Å². The van der Waals surface area contributed by atoms with E-state index in [0.29, 0.717) is 12.3 Å². The number of fused-ring (bicyclic) bond motifs is 1. The summed E-state index contributed by atoms with van der Waals surface area (Å²) in [4.78, 5) is 16.0. The van der Waals surface area contributed by atoms with Crippen LogP contribution in [0, 0.1) is 0 Å². The molecule has 1 aromatic heterocycles. The maximum atomic E-state index is 12.3. The number of furan rings is 1. The first-order chi connectivity index (χ1) is 12.9. The number of carbonyl (C=O) groups excluding carboxylic acids is 1. The third kappa shape index (κ3) is 6.46. The Balaban J connectivity index is 0.000000465. The number of nitrogens with zero attached hydrogens (tertiary/aromatic N) is 2. The zero-order valence-electron chi connectivity index (χ0n) is 16.5. The summed E-state index contributed by atoms with van der Waals surface area (Å²) in [7, 11) is 5.86. The molecule has 3 aromatic rings. The monoisotopic (exact) mass is 368 g/mol. The highest BCUT2D eigenvalue weighted by atomic mass is 16.3. The summed E-state index contributed by atoms with van der Waals surface area (Å²) < 4.78 is 5.67. The van der Waals surface area contributed by atoms with E-state index >= 15 is 0 Å². The van der Waals surface area contributed by atoms with Gasteiger partial charge in [0.25, 0.3) is 0 Å². The molecule has 0 radical (unpaired) electrons. The van der Waals surface area contributed by atoms with Crippen molar-refractivity contribution in [1.82, 2.24) is 9.80 Å². The van der Waals surface area contributed by atoms with Crippen LogP contribution in [-0.2, 0) is 17.8 Å². The Morgan fingerprint density at radius 2 is 1.74 bits per heavy atom. The lowest BCUT2D eigenvalue weighted by molar-refractivity contribution is -0.129. The van der Waals surface area contributed by atoms with Crippen molar-refractivity contribution in [2.75, 3.05) is 27.7 Å². The number of hydrogen-bond acceptors (Lipinski definition) is 4. The average molecular weight is 368 g/mol. The Labute approximate surface area is 160 Å². The summed E-state index contributed by atoms with van der Waals surface area (Å²) in [5.41, 5.74) is 1.68. The van der Waals surface area contributed by atoms with Gasteiger partial charge in [-0.3, -0.25) is 4.79 Å². The van der Waals surface area contributed by atoms with Crippen molar-refractivity contribution < 1.29 is 14.3 Å². The predicted octanol–water partition coefficient (Wildman–Crippen LogP) is 3.91. The van der Waals surface area contributed by atoms with E-state index < -0.39 is 0 Å². The molecule has 0 saturated carbocycles. The minimum Gasteiger partial charge on any atom is -0.508 e. The largest absolute Gasteiger partial charge is 0.508 e. The molecule has 5 heteroatoms. The molecule has 0 aliphatic rings. The van der Waals surface area contributed by atoms with Crippen LogP contribution in [0.1, 0.15) is 18.2 Å². The summed E-state index contributed by atoms with van der Waals surface area (Å²) in [6, 6.07) is 16.5. The normalized spacial score (nSPS) is 10.6. The lowest BCUT2D eigenvalue weighted by atomic mass is 10.2. The van der Waals surface area contributed by atoms with Crippen LogP contribution in [0.25, 0.3) is 11.0 Å². The van der Waals surface area contributed by atoms with Gasteiger partial charge >= 0.3 is 0 Å². The first-order valence-electron chi connectivity index (χ1n) is 9.03. The fourth-order valence-electron chi connectivity index (χ4n) is 2.42. The second-order valence-corrected chi connectivity index (χ2v) is 6.74. The Kier molecular flexibility index (Phi) is 7.44. The topological polar surface area (TPSA) is 56.9 Å². The first kappa shape index (κ1) is 20.5. The van der Waals surface area contributed by atoms with Gasteiger partial charge in [0.2, 0.25) is 5.91 Å². The highest BCUT2D eigenvalue weighted by Gasteiger charge is 2.13. The number of aromatic hydroxyl groups is 1. The number of amides is 1. The van der Waals surface area contributed by atoms with Crippen molar-refractivity contribution in [3.8, 4) is 5.75 Å². The van der Waals surface area contributed by atoms with Crippen molar-refractivity contribution in [2.24, 2.45) is 0 Å². The third-order valence-corrected chi connectivity index (χ3v) is 4.19. The highest BCUT2D eigenvalue weighted by Crippen LogP contribution is 2.20. The van der Waals surface area contributed by atoms with Gasteiger partial charge in [-0.2, -0.15) is 0 Å². The van der Waals surface area contributed by atoms with E-state index in [0.717, 1.165) is 23.1 Å². The predicted molar refractivity (Wildman–Crippen MR) is 109 cm³/mol. The lowest BCUT2D eigenvalue weighted by Crippen LogP contribution is -2.27. The molecule has 3 rings (SSSR count). The number of likely N-dealkylation sites (N-methyl/N-ethyl adjacent to an activating group) is 1. The summed E-state index contributed by atoms with van der Waals surface area (Å²) in [6.45, 7) is 3.72. The zero-order chi connectivity index (χ0) is 19.8. The highest BCUT2D eigenvalue weighted by molar-refractivity contribution is 5.82. The molecule has 0 saturated heterocycles. The van der Waals surface area contributed by atoms with Crippen molar-refractivity contribution in [1.29, 1.82) is 0 Å². The van der Waals surface area contributed by atoms with Crippen LogP contribution in [0.3, 0.4) is 0 Å². The van der Waals surface area contributed by atoms with Crippen molar-refractivity contribution in [3.05, 3.63) is 65.9 Å². The van der Waals surface area contributed by atoms with Gasteiger partial charge in [-0.05, 0) is 50.5 Å². The minimum atomic E-state index is -0.0256. The van der Waals surface area contributed by atoms with Gasteiger partial charge in [-0.25, -0.2) is 0 Å². The van der Waals surface area contributed by atoms with Gasteiger partial charge < -0.3 is 19.3 Å². The van der Waals surface area contributed by atoms with Crippen LogP contribution in [0.2, 0.25) is 0 Å². The molecule has 1 heterocycles. The molecule has 1 N–H and O–H groups in total. The van der Waals surface area contributed by atoms with Gasteiger partial charge in [0.1, 0.15) is 17.1 Å². The van der Waals surface area contributed by atoms with Gasteiger partial charge in [0.15, 0.2) is 0 Å². The number of phenolic OH excluding ortho intramolecular Hbond substituents is 1. The molecule has 0 spiro atoms. The third-order valence-electron chi connectivity index (χ3n) is 4.19. The van der Waals surface area contributed by atoms with E-state index in [1.54, 1.807) is 30.1 Å². The summed E-state index contributed by atoms with van der Waals surface area (Å²) in [6.07, 6.45) is 0.226. The molecule has 1 amide bonds. The summed E-state index contributed by atoms with van der Waals surface area (Å²) in [5, 5.41) is 10.5. The number of carbonyl (C=O) groups is 1. The van der Waals surface area contributed by atoms with E-state index in [1.807, 2.05) is 36.4 Å². The van der Waals surface area contributed by atoms with Gasteiger partial charge in [0, 0.05) is 19.0 Å². The fraction of sp³-hybridized carbons (Fsp3) is 0.318. The van der Waals surface area contributed by atoms with Gasteiger partial charge in [-0.15, -0.1) is 0 Å². The van der Waals surface area contributed by atoms with Crippen molar-refractivity contribution in [2.45, 2.75) is 19.9 Å². The second-order valence-electron chi connectivity index (χ2n) is 6.74. The molecule has 0 atom stereocenters. The molecule has 144 valence electrons. The Morgan fingerprint density at radius 1 is 1.04 bits per heavy atom. The van der Waals surface area contributed by atoms with Crippen LogP contribution in [0.15, 0.2) is 59.0 Å². The van der Waals surface area contributed by atoms with E-state index in [9.17, 15) is 9.90 Å². The SMILES string of the molecule is CCN(C)C.CN(Cc1cccc(O)c1)C(=O)Cc1cc2ccccc2o1. The number of phenols is 1. The Morgan fingerprint density at radius 3 is 2.37 bits per heavy atom. The second kappa shape index (κ2) is 9.78. The molecule has 0 bridgehead atoms. The minimum absolute atomic E-state index is 0.0256. The molecule has 0 unspecified atom stereocenters. The standard InChI is InChI=1S/C18H17NO3.C4H11N/c1-19(12-13-5-4-7-15(20)9-13)18(21)11-16-10-14-6-2-3-8-17(14)22-16;1-4-5(2)3/h2-10,20H,11-12H2,1H3;4H2,1-3H3. The van der Waals surface area contributed by atoms with E-state index in [2.05, 4.69) is 25.9 Å². The average Bonchev–Trinajstić information content (AvgIpc) is 3.04. The molecule has 27 heavy (non-hydrogen) atoms. The lowest BCUT2D eigenvalue weighted by Gasteiger charge is -2.16. The van der Waals surface area contributed by atoms with Crippen LogP contribution >= 0.6 is 0 Å². The molecule has 0 fully saturated rings. The van der Waals surface area contributed by atoms with Gasteiger partial charge in [0.05, 0.1) is 6.42 Å².